The number of carbonyl (C=O) groups is 1. The van der Waals surface area contributed by atoms with E-state index in [1.54, 1.807) is 11.0 Å². The molecule has 0 bridgehead atoms. The van der Waals surface area contributed by atoms with Crippen molar-refractivity contribution in [1.82, 2.24) is 14.9 Å². The second kappa shape index (κ2) is 9.21. The van der Waals surface area contributed by atoms with E-state index in [-0.39, 0.29) is 11.7 Å². The second-order valence-corrected chi connectivity index (χ2v) is 7.81. The van der Waals surface area contributed by atoms with Crippen molar-refractivity contribution in [2.75, 3.05) is 43.5 Å². The first-order valence-electron chi connectivity index (χ1n) is 10.5. The molecule has 8 heteroatoms. The Morgan fingerprint density at radius 3 is 2.38 bits per heavy atom. The summed E-state index contributed by atoms with van der Waals surface area (Å²) in [5.41, 5.74) is 3.33. The Bertz CT molecular complexity index is 1110. The molecule has 0 atom stereocenters. The molecule has 0 radical (unpaired) electrons. The molecule has 7 nitrogen and oxygen atoms in total. The molecule has 2 aromatic carbocycles. The number of aromatic nitrogens is 2. The van der Waals surface area contributed by atoms with E-state index >= 15 is 0 Å². The highest BCUT2D eigenvalue weighted by Crippen LogP contribution is 2.22. The van der Waals surface area contributed by atoms with Crippen molar-refractivity contribution >= 4 is 23.4 Å². The Balaban J connectivity index is 1.42. The Hall–Kier alpha value is -3.68. The van der Waals surface area contributed by atoms with E-state index in [1.807, 2.05) is 44.2 Å². The number of nitrogens with one attached hydrogen (secondary N) is 1. The smallest absolute Gasteiger partial charge is 0.254 e. The third-order valence-electron chi connectivity index (χ3n) is 5.41. The van der Waals surface area contributed by atoms with Crippen LogP contribution in [0, 0.1) is 19.7 Å². The highest BCUT2D eigenvalue weighted by Gasteiger charge is 2.24. The van der Waals surface area contributed by atoms with Gasteiger partial charge in [0, 0.05) is 49.2 Å². The summed E-state index contributed by atoms with van der Waals surface area (Å²) in [5.74, 6) is 0.737. The molecule has 0 unspecified atom stereocenters. The Kier molecular flexibility index (Phi) is 6.20. The summed E-state index contributed by atoms with van der Waals surface area (Å²) in [6.07, 6.45) is 0. The van der Waals surface area contributed by atoms with Crippen molar-refractivity contribution in [3.05, 3.63) is 71.2 Å². The zero-order valence-electron chi connectivity index (χ0n) is 18.4. The van der Waals surface area contributed by atoms with E-state index < -0.39 is 5.82 Å². The highest BCUT2D eigenvalue weighted by atomic mass is 19.1. The maximum atomic E-state index is 14.0. The van der Waals surface area contributed by atoms with Crippen LogP contribution in [0.5, 0.6) is 5.75 Å². The minimum atomic E-state index is -0.543. The van der Waals surface area contributed by atoms with Crippen LogP contribution < -0.4 is 15.0 Å². The zero-order valence-corrected chi connectivity index (χ0v) is 18.4. The van der Waals surface area contributed by atoms with Crippen molar-refractivity contribution in [2.45, 2.75) is 13.8 Å². The van der Waals surface area contributed by atoms with Gasteiger partial charge in [0.15, 0.2) is 11.6 Å². The number of aryl methyl sites for hydroxylation is 2. The summed E-state index contributed by atoms with van der Waals surface area (Å²) in [6, 6.07) is 14.3. The monoisotopic (exact) mass is 435 g/mol. The van der Waals surface area contributed by atoms with Gasteiger partial charge >= 0.3 is 0 Å². The van der Waals surface area contributed by atoms with Crippen LogP contribution in [0.3, 0.4) is 0 Å². The summed E-state index contributed by atoms with van der Waals surface area (Å²) >= 11 is 0. The van der Waals surface area contributed by atoms with Crippen molar-refractivity contribution in [3.8, 4) is 5.75 Å². The summed E-state index contributed by atoms with van der Waals surface area (Å²) in [7, 11) is 1.40. The maximum Gasteiger partial charge on any atom is 0.254 e. The highest BCUT2D eigenvalue weighted by molar-refractivity contribution is 5.94. The van der Waals surface area contributed by atoms with Crippen molar-refractivity contribution < 1.29 is 13.9 Å². The average molecular weight is 436 g/mol. The molecular formula is C24H26FN5O2. The minimum Gasteiger partial charge on any atom is -0.494 e. The second-order valence-electron chi connectivity index (χ2n) is 7.81. The molecule has 0 aliphatic carbocycles. The topological polar surface area (TPSA) is 70.6 Å². The molecule has 1 aliphatic heterocycles. The molecule has 2 heterocycles. The van der Waals surface area contributed by atoms with Crippen molar-refractivity contribution in [1.29, 1.82) is 0 Å². The van der Waals surface area contributed by atoms with Gasteiger partial charge < -0.3 is 19.9 Å². The maximum absolute atomic E-state index is 14.0. The van der Waals surface area contributed by atoms with E-state index in [2.05, 4.69) is 20.2 Å². The van der Waals surface area contributed by atoms with Gasteiger partial charge in [0.05, 0.1) is 7.11 Å². The van der Waals surface area contributed by atoms with Crippen LogP contribution in [0.25, 0.3) is 0 Å². The number of ether oxygens (including phenoxy) is 1. The van der Waals surface area contributed by atoms with Gasteiger partial charge in [-0.1, -0.05) is 17.7 Å². The molecule has 1 saturated heterocycles. The number of carbonyl (C=O) groups excluding carboxylic acids is 1. The normalized spacial score (nSPS) is 13.8. The van der Waals surface area contributed by atoms with Crippen LogP contribution in [0.4, 0.5) is 21.8 Å². The van der Waals surface area contributed by atoms with Gasteiger partial charge in [0.25, 0.3) is 5.91 Å². The van der Waals surface area contributed by atoms with Gasteiger partial charge in [-0.3, -0.25) is 4.79 Å². The molecular weight excluding hydrogens is 409 g/mol. The standard InChI is InChI=1S/C24H26FN5O2/c1-16-4-7-19(8-5-16)27-22-14-17(2)26-24(28-22)30-12-10-29(11-13-30)23(31)18-6-9-21(32-3)20(25)15-18/h4-9,14-15H,10-13H2,1-3H3,(H,26,27,28). The lowest BCUT2D eigenvalue weighted by molar-refractivity contribution is 0.0745. The molecule has 166 valence electrons. The van der Waals surface area contributed by atoms with Crippen LogP contribution >= 0.6 is 0 Å². The fraction of sp³-hybridized carbons (Fsp3) is 0.292. The zero-order chi connectivity index (χ0) is 22.7. The fourth-order valence-corrected chi connectivity index (χ4v) is 3.63. The van der Waals surface area contributed by atoms with Gasteiger partial charge in [0.2, 0.25) is 5.95 Å². The average Bonchev–Trinajstić information content (AvgIpc) is 2.80. The molecule has 1 N–H and O–H groups in total. The molecule has 1 fully saturated rings. The molecule has 1 aromatic heterocycles. The first-order valence-corrected chi connectivity index (χ1v) is 10.5. The van der Waals surface area contributed by atoms with Gasteiger partial charge in [-0.15, -0.1) is 0 Å². The van der Waals surface area contributed by atoms with Gasteiger partial charge in [-0.2, -0.15) is 4.98 Å². The van der Waals surface area contributed by atoms with Crippen LogP contribution in [0.2, 0.25) is 0 Å². The van der Waals surface area contributed by atoms with Gasteiger partial charge in [0.1, 0.15) is 5.82 Å². The van der Waals surface area contributed by atoms with Crippen molar-refractivity contribution in [3.63, 3.8) is 0 Å². The summed E-state index contributed by atoms with van der Waals surface area (Å²) in [6.45, 7) is 6.18. The molecule has 32 heavy (non-hydrogen) atoms. The number of piperazine rings is 1. The number of amides is 1. The summed E-state index contributed by atoms with van der Waals surface area (Å²) in [4.78, 5) is 25.8. The number of hydrogen-bond acceptors (Lipinski definition) is 6. The lowest BCUT2D eigenvalue weighted by atomic mass is 10.1. The summed E-state index contributed by atoms with van der Waals surface area (Å²) < 4.78 is 18.9. The number of benzene rings is 2. The Morgan fingerprint density at radius 1 is 1.00 bits per heavy atom. The predicted octanol–water partition coefficient (Wildman–Crippen LogP) is 3.95. The van der Waals surface area contributed by atoms with E-state index in [0.717, 1.165) is 17.2 Å². The number of rotatable bonds is 5. The molecule has 1 aliphatic rings. The Morgan fingerprint density at radius 2 is 1.72 bits per heavy atom. The molecule has 1 amide bonds. The number of anilines is 3. The predicted molar refractivity (Wildman–Crippen MR) is 122 cm³/mol. The van der Waals surface area contributed by atoms with Crippen LogP contribution in [-0.2, 0) is 0 Å². The van der Waals surface area contributed by atoms with Gasteiger partial charge in [-0.25, -0.2) is 9.37 Å². The van der Waals surface area contributed by atoms with E-state index in [0.29, 0.717) is 37.7 Å². The fourth-order valence-electron chi connectivity index (χ4n) is 3.63. The lowest BCUT2D eigenvalue weighted by Crippen LogP contribution is -2.49. The van der Waals surface area contributed by atoms with Crippen LogP contribution in [0.1, 0.15) is 21.6 Å². The first-order chi connectivity index (χ1) is 15.4. The molecule has 4 rings (SSSR count). The number of nitrogens with zero attached hydrogens (tertiary/aromatic N) is 4. The molecule has 0 spiro atoms. The summed E-state index contributed by atoms with van der Waals surface area (Å²) in [5, 5.41) is 3.33. The quantitative estimate of drug-likeness (QED) is 0.655. The number of hydrogen-bond donors (Lipinski definition) is 1. The molecule has 0 saturated carbocycles. The SMILES string of the molecule is COc1ccc(C(=O)N2CCN(c3nc(C)cc(Nc4ccc(C)cc4)n3)CC2)cc1F. The molecule has 3 aromatic rings. The van der Waals surface area contributed by atoms with Crippen LogP contribution in [-0.4, -0.2) is 54.1 Å². The number of halogens is 1. The van der Waals surface area contributed by atoms with E-state index in [4.69, 9.17) is 4.74 Å². The third kappa shape index (κ3) is 4.80. The lowest BCUT2D eigenvalue weighted by Gasteiger charge is -2.35. The van der Waals surface area contributed by atoms with Crippen LogP contribution in [0.15, 0.2) is 48.5 Å². The third-order valence-corrected chi connectivity index (χ3v) is 5.41. The minimum absolute atomic E-state index is 0.123. The first kappa shape index (κ1) is 21.5. The number of methoxy groups -OCH3 is 1. The Labute approximate surface area is 186 Å². The van der Waals surface area contributed by atoms with Gasteiger partial charge in [-0.05, 0) is 44.2 Å². The largest absolute Gasteiger partial charge is 0.494 e. The van der Waals surface area contributed by atoms with E-state index in [1.165, 1.54) is 24.8 Å². The van der Waals surface area contributed by atoms with E-state index in [9.17, 15) is 9.18 Å². The van der Waals surface area contributed by atoms with Crippen molar-refractivity contribution in [2.24, 2.45) is 0 Å².